The summed E-state index contributed by atoms with van der Waals surface area (Å²) in [4.78, 5) is 1.98. The van der Waals surface area contributed by atoms with Crippen LogP contribution >= 0.6 is 0 Å². The molecule has 1 N–H and O–H groups in total. The van der Waals surface area contributed by atoms with Gasteiger partial charge in [0.05, 0.1) is 11.8 Å². The third-order valence-corrected chi connectivity index (χ3v) is 2.10. The molecular formula is C7H14N2O2S. The molecule has 0 bridgehead atoms. The fourth-order valence-electron chi connectivity index (χ4n) is 0.811. The van der Waals surface area contributed by atoms with Gasteiger partial charge in [0.15, 0.2) is 11.1 Å². The first kappa shape index (κ1) is 11.6. The molecule has 0 heterocycles. The highest BCUT2D eigenvalue weighted by molar-refractivity contribution is 7.79. The van der Waals surface area contributed by atoms with Crippen molar-refractivity contribution in [3.05, 3.63) is 0 Å². The third kappa shape index (κ3) is 7.66. The zero-order chi connectivity index (χ0) is 9.40. The van der Waals surface area contributed by atoms with Crippen molar-refractivity contribution in [2.45, 2.75) is 12.8 Å². The van der Waals surface area contributed by atoms with Gasteiger partial charge in [-0.05, 0) is 20.0 Å². The molecule has 0 fully saturated rings. The van der Waals surface area contributed by atoms with Gasteiger partial charge in [-0.2, -0.15) is 5.26 Å². The fourth-order valence-corrected chi connectivity index (χ4v) is 1.19. The molecule has 0 rings (SSSR count). The minimum Gasteiger partial charge on any atom is -0.306 e. The average Bonchev–Trinajstić information content (AvgIpc) is 2.00. The normalized spacial score (nSPS) is 12.8. The average molecular weight is 190 g/mol. The van der Waals surface area contributed by atoms with Gasteiger partial charge < -0.3 is 9.45 Å². The summed E-state index contributed by atoms with van der Waals surface area (Å²) in [6, 6.07) is 2.05. The van der Waals surface area contributed by atoms with Gasteiger partial charge in [0.25, 0.3) is 0 Å². The molecule has 0 aromatic carbocycles. The van der Waals surface area contributed by atoms with Crippen LogP contribution in [-0.4, -0.2) is 39.6 Å². The van der Waals surface area contributed by atoms with Crippen molar-refractivity contribution >= 4 is 11.1 Å². The number of hydrogen-bond donors (Lipinski definition) is 1. The van der Waals surface area contributed by atoms with Crippen LogP contribution in [0.5, 0.6) is 0 Å². The molecule has 0 aromatic heterocycles. The predicted molar refractivity (Wildman–Crippen MR) is 48.0 cm³/mol. The van der Waals surface area contributed by atoms with Crippen LogP contribution in [0.4, 0.5) is 0 Å². The maximum Gasteiger partial charge on any atom is 0.152 e. The highest BCUT2D eigenvalue weighted by atomic mass is 32.2. The van der Waals surface area contributed by atoms with Crippen molar-refractivity contribution < 1.29 is 8.76 Å². The molecular weight excluding hydrogens is 176 g/mol. The Bertz CT molecular complexity index is 179. The van der Waals surface area contributed by atoms with E-state index in [-0.39, 0.29) is 0 Å². The van der Waals surface area contributed by atoms with Crippen molar-refractivity contribution in [3.63, 3.8) is 0 Å². The first-order valence-electron chi connectivity index (χ1n) is 3.79. The van der Waals surface area contributed by atoms with E-state index in [4.69, 9.17) is 9.81 Å². The monoisotopic (exact) mass is 190 g/mol. The van der Waals surface area contributed by atoms with E-state index in [1.165, 1.54) is 0 Å². The molecule has 5 heteroatoms. The quantitative estimate of drug-likeness (QED) is 0.617. The molecule has 0 spiro atoms. The summed E-state index contributed by atoms with van der Waals surface area (Å²) in [5.41, 5.74) is 0. The lowest BCUT2D eigenvalue weighted by atomic mass is 10.4. The molecule has 0 saturated heterocycles. The Hall–Kier alpha value is -0.440. The summed E-state index contributed by atoms with van der Waals surface area (Å²) in [5, 5.41) is 8.26. The van der Waals surface area contributed by atoms with Gasteiger partial charge in [0, 0.05) is 13.0 Å². The zero-order valence-electron chi connectivity index (χ0n) is 7.19. The second-order valence-electron chi connectivity index (χ2n) is 2.59. The first-order chi connectivity index (χ1) is 5.66. The Morgan fingerprint density at radius 2 is 2.25 bits per heavy atom. The minimum absolute atomic E-state index is 0.316. The van der Waals surface area contributed by atoms with E-state index in [0.717, 1.165) is 13.1 Å². The van der Waals surface area contributed by atoms with Crippen LogP contribution in [0.15, 0.2) is 0 Å². The van der Waals surface area contributed by atoms with Crippen molar-refractivity contribution in [1.82, 2.24) is 4.90 Å². The summed E-state index contributed by atoms with van der Waals surface area (Å²) in [5.74, 6) is 0.316. The zero-order valence-corrected chi connectivity index (χ0v) is 8.01. The largest absolute Gasteiger partial charge is 0.306 e. The number of hydrogen-bond acceptors (Lipinski definition) is 3. The Kier molecular flexibility index (Phi) is 6.96. The predicted octanol–water partition coefficient (Wildman–Crippen LogP) is 0.444. The molecule has 0 radical (unpaired) electrons. The summed E-state index contributed by atoms with van der Waals surface area (Å²) in [6.45, 7) is 1.50. The van der Waals surface area contributed by atoms with E-state index >= 15 is 0 Å². The molecule has 1 unspecified atom stereocenters. The Morgan fingerprint density at radius 3 is 2.75 bits per heavy atom. The fraction of sp³-hybridized carbons (Fsp3) is 0.857. The summed E-state index contributed by atoms with van der Waals surface area (Å²) in [6.07, 6.45) is 1.21. The van der Waals surface area contributed by atoms with Crippen molar-refractivity contribution in [2.75, 3.05) is 25.9 Å². The highest BCUT2D eigenvalue weighted by Crippen LogP contribution is 1.90. The van der Waals surface area contributed by atoms with Crippen LogP contribution in [0.1, 0.15) is 12.8 Å². The standard InChI is InChI=1S/C7H14N2O2S/c1-9(5-2-4-8)6-3-7-12(10)11/h2-3,5-7H2,1H3,(H,10,11). The van der Waals surface area contributed by atoms with Crippen LogP contribution in [-0.2, 0) is 11.1 Å². The lowest BCUT2D eigenvalue weighted by Gasteiger charge is -2.13. The van der Waals surface area contributed by atoms with E-state index < -0.39 is 11.1 Å². The van der Waals surface area contributed by atoms with Gasteiger partial charge in [-0.15, -0.1) is 0 Å². The van der Waals surface area contributed by atoms with Crippen LogP contribution < -0.4 is 0 Å². The van der Waals surface area contributed by atoms with E-state index in [1.807, 2.05) is 18.0 Å². The van der Waals surface area contributed by atoms with Crippen molar-refractivity contribution in [1.29, 1.82) is 5.26 Å². The van der Waals surface area contributed by atoms with Crippen LogP contribution in [0.25, 0.3) is 0 Å². The SMILES string of the molecule is CN(CCC#N)CCCS(=O)O. The third-order valence-electron chi connectivity index (χ3n) is 1.46. The van der Waals surface area contributed by atoms with E-state index in [1.54, 1.807) is 0 Å². The Morgan fingerprint density at radius 1 is 1.58 bits per heavy atom. The Labute approximate surface area is 75.5 Å². The molecule has 4 nitrogen and oxygen atoms in total. The lowest BCUT2D eigenvalue weighted by molar-refractivity contribution is 0.343. The lowest BCUT2D eigenvalue weighted by Crippen LogP contribution is -2.21. The second kappa shape index (κ2) is 7.22. The molecule has 12 heavy (non-hydrogen) atoms. The van der Waals surface area contributed by atoms with Crippen LogP contribution in [0.2, 0.25) is 0 Å². The molecule has 0 aliphatic heterocycles. The number of rotatable bonds is 6. The van der Waals surface area contributed by atoms with Crippen molar-refractivity contribution in [3.8, 4) is 6.07 Å². The molecule has 1 atom stereocenters. The smallest absolute Gasteiger partial charge is 0.152 e. The maximum absolute atomic E-state index is 10.2. The van der Waals surface area contributed by atoms with E-state index in [2.05, 4.69) is 0 Å². The first-order valence-corrected chi connectivity index (χ1v) is 5.07. The van der Waals surface area contributed by atoms with Gasteiger partial charge in [0.1, 0.15) is 0 Å². The maximum atomic E-state index is 10.2. The van der Waals surface area contributed by atoms with Crippen LogP contribution in [0, 0.1) is 11.3 Å². The van der Waals surface area contributed by atoms with Gasteiger partial charge in [-0.25, -0.2) is 4.21 Å². The van der Waals surface area contributed by atoms with Gasteiger partial charge in [-0.1, -0.05) is 0 Å². The molecule has 0 amide bonds. The number of nitriles is 1. The molecule has 0 saturated carbocycles. The van der Waals surface area contributed by atoms with E-state index in [0.29, 0.717) is 18.6 Å². The molecule has 0 aromatic rings. The van der Waals surface area contributed by atoms with Gasteiger partial charge in [0.2, 0.25) is 0 Å². The van der Waals surface area contributed by atoms with E-state index in [9.17, 15) is 4.21 Å². The Balaban J connectivity index is 3.26. The molecule has 70 valence electrons. The summed E-state index contributed by atoms with van der Waals surface area (Å²) in [7, 11) is 1.90. The minimum atomic E-state index is -1.68. The number of nitrogens with zero attached hydrogens (tertiary/aromatic N) is 2. The summed E-state index contributed by atoms with van der Waals surface area (Å²) >= 11 is -1.68. The van der Waals surface area contributed by atoms with Crippen LogP contribution in [0.3, 0.4) is 0 Å². The topological polar surface area (TPSA) is 64.3 Å². The van der Waals surface area contributed by atoms with Crippen molar-refractivity contribution in [2.24, 2.45) is 0 Å². The highest BCUT2D eigenvalue weighted by Gasteiger charge is 1.98. The van der Waals surface area contributed by atoms with Gasteiger partial charge in [-0.3, -0.25) is 0 Å². The summed E-state index contributed by atoms with van der Waals surface area (Å²) < 4.78 is 18.7. The second-order valence-corrected chi connectivity index (χ2v) is 3.64. The molecule has 0 aliphatic rings. The van der Waals surface area contributed by atoms with Gasteiger partial charge >= 0.3 is 0 Å². The molecule has 0 aliphatic carbocycles.